The molecular weight excluding hydrogens is 520 g/mol. The van der Waals surface area contributed by atoms with Crippen molar-refractivity contribution in [1.82, 2.24) is 9.29 Å². The summed E-state index contributed by atoms with van der Waals surface area (Å²) in [6.07, 6.45) is 1.52. The fourth-order valence-corrected chi connectivity index (χ4v) is 6.95. The zero-order chi connectivity index (χ0) is 26.7. The van der Waals surface area contributed by atoms with Crippen LogP contribution in [0.3, 0.4) is 0 Å². The number of hydrogen-bond acceptors (Lipinski definition) is 7. The number of thiazole rings is 1. The van der Waals surface area contributed by atoms with Gasteiger partial charge in [0.25, 0.3) is 0 Å². The summed E-state index contributed by atoms with van der Waals surface area (Å²) in [5.74, 6) is -2.27. The lowest BCUT2D eigenvalue weighted by atomic mass is 9.91. The minimum absolute atomic E-state index is 0.0216. The first-order chi connectivity index (χ1) is 17.5. The molecule has 0 unspecified atom stereocenters. The van der Waals surface area contributed by atoms with Gasteiger partial charge in [0.1, 0.15) is 17.9 Å². The lowest BCUT2D eigenvalue weighted by molar-refractivity contribution is -0.109. The minimum atomic E-state index is -4.00. The van der Waals surface area contributed by atoms with Crippen molar-refractivity contribution in [2.24, 2.45) is 11.8 Å². The van der Waals surface area contributed by atoms with E-state index < -0.39 is 33.7 Å². The molecule has 7 nitrogen and oxygen atoms in total. The number of carbonyl (C=O) groups is 1. The van der Waals surface area contributed by atoms with E-state index in [2.05, 4.69) is 10.3 Å². The highest BCUT2D eigenvalue weighted by molar-refractivity contribution is 7.89. The lowest BCUT2D eigenvalue weighted by Gasteiger charge is -2.29. The Bertz CT molecular complexity index is 1340. The average molecular weight is 552 g/mol. The number of aldehydes is 1. The number of benzene rings is 2. The number of anilines is 1. The molecule has 2 atom stereocenters. The van der Waals surface area contributed by atoms with E-state index >= 15 is 0 Å². The smallest absolute Gasteiger partial charge is 0.243 e. The summed E-state index contributed by atoms with van der Waals surface area (Å²) < 4.78 is 56.7. The number of nitrogens with one attached hydrogen (secondary N) is 1. The van der Waals surface area contributed by atoms with Crippen LogP contribution in [0.4, 0.5) is 13.9 Å². The van der Waals surface area contributed by atoms with E-state index in [4.69, 9.17) is 0 Å². The second kappa shape index (κ2) is 11.5. The zero-order valence-corrected chi connectivity index (χ0v) is 22.4. The third-order valence-corrected chi connectivity index (χ3v) is 9.00. The monoisotopic (exact) mass is 551 g/mol. The van der Waals surface area contributed by atoms with E-state index in [1.54, 1.807) is 12.1 Å². The van der Waals surface area contributed by atoms with Gasteiger partial charge in [0.15, 0.2) is 5.13 Å². The van der Waals surface area contributed by atoms with Crippen LogP contribution in [0.1, 0.15) is 38.7 Å². The molecule has 0 amide bonds. The molecule has 1 aromatic heterocycles. The fraction of sp³-hybridized carbons (Fsp3) is 0.462. The fourth-order valence-electron chi connectivity index (χ4n) is 4.25. The predicted molar refractivity (Wildman–Crippen MR) is 140 cm³/mol. The number of sulfonamides is 1. The standard InChI is InChI=1S/C26H31F2N3O4S2/c1-16(2)14-31(15-24(33)18(7-8-32)9-17-10-19(27)12-20(28)11-17)37(34,35)22-5-6-23-25(13-22)36-26(30-23)29-21-3-4-21/h5-6,8,10-13,16,18,21,24,33H,3-4,7,9,14-15H2,1-2H3,(H,29,30)/t18-,24+/m0/s1. The van der Waals surface area contributed by atoms with Gasteiger partial charge < -0.3 is 15.2 Å². The first-order valence-corrected chi connectivity index (χ1v) is 14.5. The Hall–Kier alpha value is -2.47. The number of aliphatic hydroxyl groups is 1. The summed E-state index contributed by atoms with van der Waals surface area (Å²) in [5, 5.41) is 15.1. The van der Waals surface area contributed by atoms with Crippen molar-refractivity contribution in [3.05, 3.63) is 53.6 Å². The van der Waals surface area contributed by atoms with Gasteiger partial charge in [-0.3, -0.25) is 0 Å². The summed E-state index contributed by atoms with van der Waals surface area (Å²) in [4.78, 5) is 15.9. The van der Waals surface area contributed by atoms with Gasteiger partial charge in [0.2, 0.25) is 10.0 Å². The molecule has 11 heteroatoms. The Morgan fingerprint density at radius 2 is 1.86 bits per heavy atom. The molecule has 0 spiro atoms. The van der Waals surface area contributed by atoms with Crippen molar-refractivity contribution in [3.8, 4) is 0 Å². The van der Waals surface area contributed by atoms with Gasteiger partial charge in [-0.05, 0) is 67.0 Å². The number of fused-ring (bicyclic) bond motifs is 1. The van der Waals surface area contributed by atoms with Gasteiger partial charge >= 0.3 is 0 Å². The van der Waals surface area contributed by atoms with Gasteiger partial charge in [-0.25, -0.2) is 22.2 Å². The van der Waals surface area contributed by atoms with Crippen molar-refractivity contribution < 1.29 is 27.1 Å². The van der Waals surface area contributed by atoms with E-state index in [9.17, 15) is 27.1 Å². The van der Waals surface area contributed by atoms with Gasteiger partial charge in [-0.1, -0.05) is 25.2 Å². The molecule has 3 aromatic rings. The van der Waals surface area contributed by atoms with Crippen LogP contribution in [0.15, 0.2) is 41.3 Å². The molecule has 37 heavy (non-hydrogen) atoms. The molecule has 1 aliphatic carbocycles. The largest absolute Gasteiger partial charge is 0.391 e. The highest BCUT2D eigenvalue weighted by atomic mass is 32.2. The van der Waals surface area contributed by atoms with E-state index in [0.29, 0.717) is 17.8 Å². The Kier molecular flexibility index (Phi) is 8.57. The highest BCUT2D eigenvalue weighted by Gasteiger charge is 2.31. The molecule has 2 N–H and O–H groups in total. The molecule has 0 aliphatic heterocycles. The number of hydrogen-bond donors (Lipinski definition) is 2. The van der Waals surface area contributed by atoms with Gasteiger partial charge in [-0.15, -0.1) is 0 Å². The van der Waals surface area contributed by atoms with Crippen molar-refractivity contribution in [1.29, 1.82) is 0 Å². The molecule has 200 valence electrons. The maximum absolute atomic E-state index is 13.7. The summed E-state index contributed by atoms with van der Waals surface area (Å²) in [7, 11) is -4.00. The van der Waals surface area contributed by atoms with Crippen molar-refractivity contribution in [2.75, 3.05) is 18.4 Å². The second-order valence-corrected chi connectivity index (χ2v) is 13.0. The Labute approximate surface area is 219 Å². The van der Waals surface area contributed by atoms with Crippen LogP contribution in [0.2, 0.25) is 0 Å². The molecule has 4 rings (SSSR count). The minimum Gasteiger partial charge on any atom is -0.391 e. The number of carbonyl (C=O) groups excluding carboxylic acids is 1. The summed E-state index contributed by atoms with van der Waals surface area (Å²) in [6.45, 7) is 3.63. The van der Waals surface area contributed by atoms with Crippen LogP contribution >= 0.6 is 11.3 Å². The summed E-state index contributed by atoms with van der Waals surface area (Å²) >= 11 is 1.40. The molecule has 1 fully saturated rings. The van der Waals surface area contributed by atoms with E-state index in [-0.39, 0.29) is 42.3 Å². The number of aromatic nitrogens is 1. The number of aliphatic hydroxyl groups excluding tert-OH is 1. The Morgan fingerprint density at radius 3 is 2.49 bits per heavy atom. The van der Waals surface area contributed by atoms with Crippen molar-refractivity contribution in [2.45, 2.75) is 56.6 Å². The third-order valence-electron chi connectivity index (χ3n) is 6.23. The highest BCUT2D eigenvalue weighted by Crippen LogP contribution is 2.33. The van der Waals surface area contributed by atoms with Crippen LogP contribution in [0.25, 0.3) is 10.2 Å². The molecular formula is C26H31F2N3O4S2. The van der Waals surface area contributed by atoms with Crippen LogP contribution in [0.5, 0.6) is 0 Å². The Balaban J connectivity index is 1.57. The molecule has 1 heterocycles. The SMILES string of the molecule is CC(C)CN(C[C@@H](O)[C@@H](CC=O)Cc1cc(F)cc(F)c1)S(=O)(=O)c1ccc2nc(NC3CC3)sc2c1. The quantitative estimate of drug-likeness (QED) is 0.301. The van der Waals surface area contributed by atoms with E-state index in [1.165, 1.54) is 21.7 Å². The third kappa shape index (κ3) is 7.10. The van der Waals surface area contributed by atoms with Crippen LogP contribution < -0.4 is 5.32 Å². The molecule has 0 saturated heterocycles. The van der Waals surface area contributed by atoms with Crippen LogP contribution in [-0.4, -0.2) is 54.3 Å². The predicted octanol–water partition coefficient (Wildman–Crippen LogP) is 4.60. The van der Waals surface area contributed by atoms with Gasteiger partial charge in [-0.2, -0.15) is 4.31 Å². The van der Waals surface area contributed by atoms with Crippen LogP contribution in [0, 0.1) is 23.5 Å². The molecule has 1 saturated carbocycles. The van der Waals surface area contributed by atoms with Crippen molar-refractivity contribution >= 4 is 43.0 Å². The normalized spacial score (nSPS) is 15.9. The maximum atomic E-state index is 13.7. The van der Waals surface area contributed by atoms with Gasteiger partial charge in [0.05, 0.1) is 21.2 Å². The lowest BCUT2D eigenvalue weighted by Crippen LogP contribution is -2.42. The first-order valence-electron chi connectivity index (χ1n) is 12.3. The van der Waals surface area contributed by atoms with Crippen molar-refractivity contribution in [3.63, 3.8) is 0 Å². The number of halogens is 2. The Morgan fingerprint density at radius 1 is 1.16 bits per heavy atom. The second-order valence-electron chi connectivity index (χ2n) is 9.99. The van der Waals surface area contributed by atoms with E-state index in [0.717, 1.165) is 40.9 Å². The summed E-state index contributed by atoms with van der Waals surface area (Å²) in [6, 6.07) is 8.24. The number of rotatable bonds is 13. The molecule has 2 aromatic carbocycles. The molecule has 0 radical (unpaired) electrons. The van der Waals surface area contributed by atoms with Crippen LogP contribution in [-0.2, 0) is 21.2 Å². The topological polar surface area (TPSA) is 99.6 Å². The van der Waals surface area contributed by atoms with Gasteiger partial charge in [0, 0.05) is 31.6 Å². The zero-order valence-electron chi connectivity index (χ0n) is 20.7. The first kappa shape index (κ1) is 27.6. The summed E-state index contributed by atoms with van der Waals surface area (Å²) in [5.41, 5.74) is 0.990. The number of nitrogens with zero attached hydrogens (tertiary/aromatic N) is 2. The molecule has 1 aliphatic rings. The molecule has 0 bridgehead atoms. The average Bonchev–Trinajstić information content (AvgIpc) is 3.52. The maximum Gasteiger partial charge on any atom is 0.243 e. The van der Waals surface area contributed by atoms with E-state index in [1.807, 2.05) is 13.8 Å².